The maximum absolute atomic E-state index is 12.9. The number of hydrogen-bond donors (Lipinski definition) is 1. The Hall–Kier alpha value is -2.22. The number of carbonyl (C=O) groups excluding carboxylic acids is 1. The number of nitrogens with zero attached hydrogens (tertiary/aromatic N) is 1. The molecule has 0 spiro atoms. The molecule has 3 rings (SSSR count). The van der Waals surface area contributed by atoms with Crippen LogP contribution in [0.25, 0.3) is 0 Å². The summed E-state index contributed by atoms with van der Waals surface area (Å²) in [6.07, 6.45) is 1.67. The number of hydrogen-bond acceptors (Lipinski definition) is 4. The Balaban J connectivity index is 1.69. The van der Waals surface area contributed by atoms with E-state index in [0.29, 0.717) is 31.9 Å². The molecular formula is C22H28N2O4S. The van der Waals surface area contributed by atoms with E-state index >= 15 is 0 Å². The fourth-order valence-electron chi connectivity index (χ4n) is 3.34. The maximum Gasteiger partial charge on any atom is 0.251 e. The highest BCUT2D eigenvalue weighted by molar-refractivity contribution is 7.89. The van der Waals surface area contributed by atoms with Gasteiger partial charge in [-0.15, -0.1) is 0 Å². The summed E-state index contributed by atoms with van der Waals surface area (Å²) in [5, 5.41) is 3.00. The molecule has 1 saturated heterocycles. The second kappa shape index (κ2) is 9.52. The van der Waals surface area contributed by atoms with Gasteiger partial charge >= 0.3 is 0 Å². The first-order chi connectivity index (χ1) is 13.9. The van der Waals surface area contributed by atoms with Gasteiger partial charge in [0, 0.05) is 24.7 Å². The van der Waals surface area contributed by atoms with Crippen molar-refractivity contribution < 1.29 is 17.9 Å². The van der Waals surface area contributed by atoms with E-state index in [9.17, 15) is 13.2 Å². The number of nitrogens with one attached hydrogen (secondary N) is 1. The standard InChI is InChI=1S/C22H28N2O4S/c1-17-8-11-20(29(26,27)24-12-14-28-15-13-24)16-21(17)22(25)23-18(2)9-10-19-6-4-3-5-7-19/h3-8,11,16,18H,9-10,12-15H2,1-2H3,(H,23,25)/t18-/m0/s1. The van der Waals surface area contributed by atoms with E-state index < -0.39 is 10.0 Å². The van der Waals surface area contributed by atoms with E-state index in [-0.39, 0.29) is 16.8 Å². The molecule has 1 atom stereocenters. The number of carbonyl (C=O) groups is 1. The lowest BCUT2D eigenvalue weighted by Crippen LogP contribution is -2.40. The Labute approximate surface area is 172 Å². The number of ether oxygens (including phenoxy) is 1. The van der Waals surface area contributed by atoms with Crippen LogP contribution in [0.1, 0.15) is 34.8 Å². The summed E-state index contributed by atoms with van der Waals surface area (Å²) in [7, 11) is -3.64. The van der Waals surface area contributed by atoms with Crippen molar-refractivity contribution >= 4 is 15.9 Å². The predicted molar refractivity (Wildman–Crippen MR) is 112 cm³/mol. The molecule has 0 aromatic heterocycles. The van der Waals surface area contributed by atoms with Crippen LogP contribution in [0.15, 0.2) is 53.4 Å². The normalized spacial score (nSPS) is 16.3. The van der Waals surface area contributed by atoms with E-state index in [1.54, 1.807) is 12.1 Å². The lowest BCUT2D eigenvalue weighted by Gasteiger charge is -2.26. The highest BCUT2D eigenvalue weighted by Crippen LogP contribution is 2.21. The van der Waals surface area contributed by atoms with Gasteiger partial charge in [-0.05, 0) is 49.9 Å². The molecule has 1 aliphatic rings. The topological polar surface area (TPSA) is 75.7 Å². The largest absolute Gasteiger partial charge is 0.379 e. The Kier molecular flexibility index (Phi) is 7.05. The molecule has 156 valence electrons. The molecule has 6 nitrogen and oxygen atoms in total. The monoisotopic (exact) mass is 416 g/mol. The van der Waals surface area contributed by atoms with Crippen molar-refractivity contribution in [2.75, 3.05) is 26.3 Å². The quantitative estimate of drug-likeness (QED) is 0.753. The molecule has 0 unspecified atom stereocenters. The highest BCUT2D eigenvalue weighted by atomic mass is 32.2. The summed E-state index contributed by atoms with van der Waals surface area (Å²) < 4.78 is 32.4. The first-order valence-electron chi connectivity index (χ1n) is 9.91. The van der Waals surface area contributed by atoms with Gasteiger partial charge in [0.2, 0.25) is 10.0 Å². The summed E-state index contributed by atoms with van der Waals surface area (Å²) >= 11 is 0. The second-order valence-electron chi connectivity index (χ2n) is 7.39. The molecule has 1 fully saturated rings. The number of morpholine rings is 1. The minimum Gasteiger partial charge on any atom is -0.379 e. The van der Waals surface area contributed by atoms with Crippen LogP contribution >= 0.6 is 0 Å². The first kappa shape index (κ1) is 21.5. The van der Waals surface area contributed by atoms with Crippen molar-refractivity contribution in [3.8, 4) is 0 Å². The van der Waals surface area contributed by atoms with Crippen LogP contribution in [-0.2, 0) is 21.2 Å². The predicted octanol–water partition coefficient (Wildman–Crippen LogP) is 2.77. The lowest BCUT2D eigenvalue weighted by molar-refractivity contribution is 0.0730. The Morgan fingerprint density at radius 2 is 1.83 bits per heavy atom. The second-order valence-corrected chi connectivity index (χ2v) is 9.33. The molecule has 7 heteroatoms. The molecule has 1 N–H and O–H groups in total. The van der Waals surface area contributed by atoms with Crippen LogP contribution in [0.4, 0.5) is 0 Å². The Bertz CT molecular complexity index is 939. The SMILES string of the molecule is Cc1ccc(S(=O)(=O)N2CCOCC2)cc1C(=O)N[C@@H](C)CCc1ccccc1. The van der Waals surface area contributed by atoms with E-state index in [2.05, 4.69) is 17.4 Å². The minimum absolute atomic E-state index is 0.0263. The molecule has 0 saturated carbocycles. The van der Waals surface area contributed by atoms with Gasteiger partial charge in [0.25, 0.3) is 5.91 Å². The molecule has 0 aliphatic carbocycles. The molecule has 1 aliphatic heterocycles. The van der Waals surface area contributed by atoms with Crippen LogP contribution in [0, 0.1) is 6.92 Å². The maximum atomic E-state index is 12.9. The van der Waals surface area contributed by atoms with Crippen molar-refractivity contribution in [1.29, 1.82) is 0 Å². The van der Waals surface area contributed by atoms with Gasteiger partial charge in [-0.2, -0.15) is 4.31 Å². The van der Waals surface area contributed by atoms with Crippen LogP contribution in [0.3, 0.4) is 0 Å². The summed E-state index contributed by atoms with van der Waals surface area (Å²) in [4.78, 5) is 12.9. The highest BCUT2D eigenvalue weighted by Gasteiger charge is 2.27. The summed E-state index contributed by atoms with van der Waals surface area (Å²) in [5.41, 5.74) is 2.37. The number of aryl methyl sites for hydroxylation is 2. The van der Waals surface area contributed by atoms with Crippen molar-refractivity contribution in [3.63, 3.8) is 0 Å². The van der Waals surface area contributed by atoms with E-state index in [1.807, 2.05) is 32.0 Å². The van der Waals surface area contributed by atoms with Gasteiger partial charge in [-0.1, -0.05) is 36.4 Å². The zero-order valence-corrected chi connectivity index (χ0v) is 17.7. The number of rotatable bonds is 7. The van der Waals surface area contributed by atoms with Gasteiger partial charge in [0.15, 0.2) is 0 Å². The zero-order valence-electron chi connectivity index (χ0n) is 16.9. The average molecular weight is 417 g/mol. The van der Waals surface area contributed by atoms with E-state index in [0.717, 1.165) is 18.4 Å². The number of sulfonamides is 1. The van der Waals surface area contributed by atoms with Crippen molar-refractivity contribution in [1.82, 2.24) is 9.62 Å². The third kappa shape index (κ3) is 5.44. The molecule has 2 aromatic rings. The molecule has 1 heterocycles. The van der Waals surface area contributed by atoms with Gasteiger partial charge < -0.3 is 10.1 Å². The van der Waals surface area contributed by atoms with Gasteiger partial charge in [-0.3, -0.25) is 4.79 Å². The minimum atomic E-state index is -3.64. The van der Waals surface area contributed by atoms with E-state index in [1.165, 1.54) is 15.9 Å². The Morgan fingerprint density at radius 3 is 2.52 bits per heavy atom. The van der Waals surface area contributed by atoms with Crippen molar-refractivity contribution in [2.24, 2.45) is 0 Å². The Morgan fingerprint density at radius 1 is 1.14 bits per heavy atom. The van der Waals surface area contributed by atoms with Crippen molar-refractivity contribution in [2.45, 2.75) is 37.6 Å². The lowest BCUT2D eigenvalue weighted by atomic mass is 10.0. The summed E-state index contributed by atoms with van der Waals surface area (Å²) in [6.45, 7) is 5.20. The molecule has 0 radical (unpaired) electrons. The fraction of sp³-hybridized carbons (Fsp3) is 0.409. The van der Waals surface area contributed by atoms with Crippen LogP contribution in [0.2, 0.25) is 0 Å². The zero-order chi connectivity index (χ0) is 20.9. The van der Waals surface area contributed by atoms with Crippen LogP contribution in [-0.4, -0.2) is 51.0 Å². The third-order valence-electron chi connectivity index (χ3n) is 5.15. The smallest absolute Gasteiger partial charge is 0.251 e. The average Bonchev–Trinajstić information content (AvgIpc) is 2.73. The summed E-state index contributed by atoms with van der Waals surface area (Å²) in [6, 6.07) is 14.8. The van der Waals surface area contributed by atoms with Crippen LogP contribution < -0.4 is 5.32 Å². The van der Waals surface area contributed by atoms with Crippen LogP contribution in [0.5, 0.6) is 0 Å². The van der Waals surface area contributed by atoms with Gasteiger partial charge in [0.05, 0.1) is 18.1 Å². The van der Waals surface area contributed by atoms with Crippen molar-refractivity contribution in [3.05, 3.63) is 65.2 Å². The fourth-order valence-corrected chi connectivity index (χ4v) is 4.78. The number of amides is 1. The van der Waals surface area contributed by atoms with E-state index in [4.69, 9.17) is 4.74 Å². The summed E-state index contributed by atoms with van der Waals surface area (Å²) in [5.74, 6) is -0.248. The molecule has 0 bridgehead atoms. The molecule has 2 aromatic carbocycles. The number of benzene rings is 2. The molecule has 29 heavy (non-hydrogen) atoms. The van der Waals surface area contributed by atoms with Gasteiger partial charge in [0.1, 0.15) is 0 Å². The molecule has 1 amide bonds. The third-order valence-corrected chi connectivity index (χ3v) is 7.04. The first-order valence-corrected chi connectivity index (χ1v) is 11.4. The van der Waals surface area contributed by atoms with Gasteiger partial charge in [-0.25, -0.2) is 8.42 Å². The molecular weight excluding hydrogens is 388 g/mol.